The zero-order chi connectivity index (χ0) is 29.4. The molecule has 0 saturated carbocycles. The van der Waals surface area contributed by atoms with Crippen LogP contribution in [0.1, 0.15) is 25.0 Å². The molecule has 40 heavy (non-hydrogen) atoms. The number of halogens is 2. The summed E-state index contributed by atoms with van der Waals surface area (Å²) < 4.78 is 42.2. The van der Waals surface area contributed by atoms with E-state index in [0.29, 0.717) is 10.6 Å². The average molecular weight is 589 g/mol. The summed E-state index contributed by atoms with van der Waals surface area (Å²) in [7, 11) is -1.48. The number of anilines is 1. The average Bonchev–Trinajstić information content (AvgIpc) is 2.89. The lowest BCUT2D eigenvalue weighted by Gasteiger charge is -2.34. The molecule has 0 aliphatic heterocycles. The third kappa shape index (κ3) is 8.27. The van der Waals surface area contributed by atoms with Gasteiger partial charge in [-0.05, 0) is 61.4 Å². The van der Waals surface area contributed by atoms with Crippen molar-refractivity contribution in [2.75, 3.05) is 24.9 Å². The molecule has 0 spiro atoms. The van der Waals surface area contributed by atoms with Crippen LogP contribution in [0, 0.1) is 5.82 Å². The van der Waals surface area contributed by atoms with E-state index >= 15 is 0 Å². The number of carbonyl (C=O) groups excluding carboxylic acids is 2. The van der Waals surface area contributed by atoms with Crippen LogP contribution >= 0.6 is 11.6 Å². The second-order valence-electron chi connectivity index (χ2n) is 9.79. The predicted octanol–water partition coefficient (Wildman–Crippen LogP) is 4.26. The van der Waals surface area contributed by atoms with Crippen molar-refractivity contribution >= 4 is 39.3 Å². The molecule has 3 rings (SSSR count). The van der Waals surface area contributed by atoms with Gasteiger partial charge in [0.2, 0.25) is 11.8 Å². The molecule has 0 unspecified atom stereocenters. The maximum absolute atomic E-state index is 14.1. The van der Waals surface area contributed by atoms with Gasteiger partial charge in [0.05, 0.1) is 5.69 Å². The molecule has 214 valence electrons. The van der Waals surface area contributed by atoms with Gasteiger partial charge in [-0.2, -0.15) is 12.7 Å². The molecule has 0 heterocycles. The molecular formula is C29H34ClFN4O4S. The molecule has 0 aliphatic rings. The van der Waals surface area contributed by atoms with Crippen LogP contribution in [0.25, 0.3) is 0 Å². The molecular weight excluding hydrogens is 555 g/mol. The first-order valence-electron chi connectivity index (χ1n) is 12.7. The monoisotopic (exact) mass is 588 g/mol. The molecule has 2 amide bonds. The molecule has 3 aromatic rings. The summed E-state index contributed by atoms with van der Waals surface area (Å²) in [5.41, 5.74) is 1.60. The van der Waals surface area contributed by atoms with Gasteiger partial charge in [-0.15, -0.1) is 0 Å². The van der Waals surface area contributed by atoms with Crippen LogP contribution in [0.4, 0.5) is 10.1 Å². The smallest absolute Gasteiger partial charge is 0.304 e. The second-order valence-corrected chi connectivity index (χ2v) is 12.3. The normalized spacial score (nSPS) is 12.3. The summed E-state index contributed by atoms with van der Waals surface area (Å²) in [5.74, 6) is -1.54. The van der Waals surface area contributed by atoms with Gasteiger partial charge in [-0.3, -0.25) is 9.59 Å². The quantitative estimate of drug-likeness (QED) is 0.342. The van der Waals surface area contributed by atoms with Gasteiger partial charge in [0.15, 0.2) is 0 Å². The van der Waals surface area contributed by atoms with E-state index in [-0.39, 0.29) is 30.6 Å². The third-order valence-electron chi connectivity index (χ3n) is 6.08. The van der Waals surface area contributed by atoms with Gasteiger partial charge in [0.1, 0.15) is 18.4 Å². The van der Waals surface area contributed by atoms with Gasteiger partial charge < -0.3 is 10.2 Å². The molecule has 0 saturated heterocycles. The maximum atomic E-state index is 14.1. The fourth-order valence-electron chi connectivity index (χ4n) is 4.09. The summed E-state index contributed by atoms with van der Waals surface area (Å²) in [6.45, 7) is 3.02. The number of benzene rings is 3. The molecule has 0 fully saturated rings. The Bertz CT molecular complexity index is 1400. The summed E-state index contributed by atoms with van der Waals surface area (Å²) in [6, 6.07) is 19.8. The molecule has 0 bridgehead atoms. The van der Waals surface area contributed by atoms with Crippen molar-refractivity contribution < 1.29 is 22.4 Å². The first kappa shape index (κ1) is 31.1. The van der Waals surface area contributed by atoms with Gasteiger partial charge >= 0.3 is 10.2 Å². The highest BCUT2D eigenvalue weighted by molar-refractivity contribution is 7.90. The highest BCUT2D eigenvalue weighted by Gasteiger charge is 2.35. The zero-order valence-corrected chi connectivity index (χ0v) is 24.5. The van der Waals surface area contributed by atoms with Crippen molar-refractivity contribution in [2.24, 2.45) is 0 Å². The third-order valence-corrected chi connectivity index (χ3v) is 8.13. The van der Waals surface area contributed by atoms with E-state index in [2.05, 4.69) is 5.32 Å². The summed E-state index contributed by atoms with van der Waals surface area (Å²) in [4.78, 5) is 29.0. The first-order valence-corrected chi connectivity index (χ1v) is 14.5. The number of rotatable bonds is 12. The Hall–Kier alpha value is -3.47. The zero-order valence-electron chi connectivity index (χ0n) is 22.9. The van der Waals surface area contributed by atoms with Crippen LogP contribution in [0.15, 0.2) is 78.9 Å². The summed E-state index contributed by atoms with van der Waals surface area (Å²) in [5, 5.41) is 3.35. The lowest BCUT2D eigenvalue weighted by Crippen LogP contribution is -2.55. The fraction of sp³-hybridized carbons (Fsp3) is 0.310. The molecule has 1 N–H and O–H groups in total. The Kier molecular flexibility index (Phi) is 10.7. The largest absolute Gasteiger partial charge is 0.352 e. The molecule has 8 nitrogen and oxygen atoms in total. The molecule has 11 heteroatoms. The SMILES string of the molecule is CC(C)NC(=O)[C@@H](Cc1ccccc1)N(Cc1cccc(Cl)c1)C(=O)CN(c1ccc(F)cc1)S(=O)(=O)N(C)C. The van der Waals surface area contributed by atoms with Gasteiger partial charge in [-0.25, -0.2) is 8.70 Å². The van der Waals surface area contributed by atoms with Crippen molar-refractivity contribution in [3.63, 3.8) is 0 Å². The van der Waals surface area contributed by atoms with E-state index in [0.717, 1.165) is 26.3 Å². The maximum Gasteiger partial charge on any atom is 0.304 e. The van der Waals surface area contributed by atoms with Crippen LogP contribution in [-0.4, -0.2) is 62.2 Å². The van der Waals surface area contributed by atoms with Crippen molar-refractivity contribution in [1.29, 1.82) is 0 Å². The van der Waals surface area contributed by atoms with Gasteiger partial charge in [0, 0.05) is 38.1 Å². The van der Waals surface area contributed by atoms with Crippen molar-refractivity contribution in [3.05, 3.63) is 101 Å². The minimum Gasteiger partial charge on any atom is -0.352 e. The van der Waals surface area contributed by atoms with Crippen LogP contribution in [0.5, 0.6) is 0 Å². The number of nitrogens with one attached hydrogen (secondary N) is 1. The Morgan fingerprint density at radius 2 is 1.55 bits per heavy atom. The lowest BCUT2D eigenvalue weighted by atomic mass is 10.0. The van der Waals surface area contributed by atoms with E-state index in [9.17, 15) is 22.4 Å². The molecule has 3 aromatic carbocycles. The molecule has 1 atom stereocenters. The lowest BCUT2D eigenvalue weighted by molar-refractivity contribution is -0.140. The fourth-order valence-corrected chi connectivity index (χ4v) is 5.36. The summed E-state index contributed by atoms with van der Waals surface area (Å²) >= 11 is 6.21. The van der Waals surface area contributed by atoms with E-state index in [1.165, 1.54) is 31.1 Å². The Balaban J connectivity index is 2.09. The molecule has 0 radical (unpaired) electrons. The van der Waals surface area contributed by atoms with E-state index in [1.54, 1.807) is 24.3 Å². The molecule has 0 aliphatic carbocycles. The predicted molar refractivity (Wildman–Crippen MR) is 156 cm³/mol. The minimum absolute atomic E-state index is 0.00167. The Morgan fingerprint density at radius 1 is 0.925 bits per heavy atom. The van der Waals surface area contributed by atoms with Crippen LogP contribution in [0.2, 0.25) is 5.02 Å². The van der Waals surface area contributed by atoms with E-state index in [1.807, 2.05) is 44.2 Å². The van der Waals surface area contributed by atoms with Crippen molar-refractivity contribution in [3.8, 4) is 0 Å². The van der Waals surface area contributed by atoms with Crippen molar-refractivity contribution in [1.82, 2.24) is 14.5 Å². The number of amides is 2. The van der Waals surface area contributed by atoms with Crippen molar-refractivity contribution in [2.45, 2.75) is 38.9 Å². The summed E-state index contributed by atoms with van der Waals surface area (Å²) in [6.07, 6.45) is 0.197. The topological polar surface area (TPSA) is 90.0 Å². The van der Waals surface area contributed by atoms with E-state index in [4.69, 9.17) is 11.6 Å². The van der Waals surface area contributed by atoms with E-state index < -0.39 is 34.5 Å². The standard InChI is InChI=1S/C29H34ClFN4O4S/c1-21(2)32-29(37)27(18-22-9-6-5-7-10-22)34(19-23-11-8-12-24(30)17-23)28(36)20-35(40(38,39)33(3)4)26-15-13-25(31)14-16-26/h5-17,21,27H,18-20H2,1-4H3,(H,32,37)/t27-/m1/s1. The number of hydrogen-bond acceptors (Lipinski definition) is 4. The second kappa shape index (κ2) is 13.7. The highest BCUT2D eigenvalue weighted by atomic mass is 35.5. The number of carbonyl (C=O) groups is 2. The van der Waals surface area contributed by atoms with Gasteiger partial charge in [-0.1, -0.05) is 54.1 Å². The van der Waals surface area contributed by atoms with Crippen LogP contribution < -0.4 is 9.62 Å². The Labute approximate surface area is 240 Å². The van der Waals surface area contributed by atoms with Crippen LogP contribution in [-0.2, 0) is 32.8 Å². The first-order chi connectivity index (χ1) is 18.9. The van der Waals surface area contributed by atoms with Crippen LogP contribution in [0.3, 0.4) is 0 Å². The minimum atomic E-state index is -4.16. The van der Waals surface area contributed by atoms with Gasteiger partial charge in [0.25, 0.3) is 0 Å². The molecule has 0 aromatic heterocycles. The highest BCUT2D eigenvalue weighted by Crippen LogP contribution is 2.23. The number of nitrogens with zero attached hydrogens (tertiary/aromatic N) is 3. The Morgan fingerprint density at radius 3 is 2.12 bits per heavy atom. The number of hydrogen-bond donors (Lipinski definition) is 1.